The maximum absolute atomic E-state index is 13.2. The van der Waals surface area contributed by atoms with Gasteiger partial charge in [-0.15, -0.1) is 0 Å². The molecule has 5 heteroatoms. The number of aromatic hydroxyl groups is 1. The maximum Gasteiger partial charge on any atom is 0.220 e. The number of hydrogen-bond donors (Lipinski definition) is 2. The van der Waals surface area contributed by atoms with Crippen molar-refractivity contribution >= 4 is 21.8 Å². The van der Waals surface area contributed by atoms with Crippen LogP contribution in [0.4, 0.5) is 0 Å². The van der Waals surface area contributed by atoms with Gasteiger partial charge in [0.15, 0.2) is 0 Å². The minimum Gasteiger partial charge on any atom is -0.508 e. The molecule has 0 aromatic heterocycles. The second-order valence-corrected chi connectivity index (χ2v) is 9.32. The number of phenolic OH excluding ortho intramolecular Hbond substituents is 1. The van der Waals surface area contributed by atoms with E-state index in [0.29, 0.717) is 19.8 Å². The van der Waals surface area contributed by atoms with Gasteiger partial charge in [-0.25, -0.2) is 0 Å². The average Bonchev–Trinajstić information content (AvgIpc) is 2.84. The average molecular weight is 494 g/mol. The quantitative estimate of drug-likeness (QED) is 0.454. The summed E-state index contributed by atoms with van der Waals surface area (Å²) in [5.74, 6) is -0.0730. The lowest BCUT2D eigenvalue weighted by atomic mass is 9.74. The monoisotopic (exact) mass is 493 g/mol. The fourth-order valence-corrected chi connectivity index (χ4v) is 4.92. The molecule has 32 heavy (non-hydrogen) atoms. The van der Waals surface area contributed by atoms with Crippen LogP contribution >= 0.6 is 15.9 Å². The van der Waals surface area contributed by atoms with E-state index in [9.17, 15) is 9.90 Å². The first-order chi connectivity index (χ1) is 15.6. The Morgan fingerprint density at radius 2 is 1.66 bits per heavy atom. The first kappa shape index (κ1) is 22.6. The Morgan fingerprint density at radius 1 is 1.00 bits per heavy atom. The number of halogens is 1. The van der Waals surface area contributed by atoms with Crippen molar-refractivity contribution in [2.45, 2.75) is 30.6 Å². The molecule has 1 amide bonds. The van der Waals surface area contributed by atoms with Crippen LogP contribution in [-0.4, -0.2) is 30.8 Å². The van der Waals surface area contributed by atoms with Crippen LogP contribution in [0.3, 0.4) is 0 Å². The summed E-state index contributed by atoms with van der Waals surface area (Å²) in [4.78, 5) is 13.2. The molecule has 1 aliphatic rings. The van der Waals surface area contributed by atoms with E-state index in [1.54, 1.807) is 12.1 Å². The lowest BCUT2D eigenvalue weighted by molar-refractivity contribution is -0.121. The molecule has 0 radical (unpaired) electrons. The van der Waals surface area contributed by atoms with Gasteiger partial charge in [-0.1, -0.05) is 76.6 Å². The fraction of sp³-hybridized carbons (Fsp3) is 0.296. The smallest absolute Gasteiger partial charge is 0.220 e. The van der Waals surface area contributed by atoms with Crippen LogP contribution in [0.25, 0.3) is 0 Å². The highest BCUT2D eigenvalue weighted by atomic mass is 79.9. The molecule has 0 saturated carbocycles. The van der Waals surface area contributed by atoms with Crippen LogP contribution in [-0.2, 0) is 14.9 Å². The molecule has 1 aliphatic heterocycles. The molecule has 0 aliphatic carbocycles. The zero-order chi connectivity index (χ0) is 22.4. The minimum absolute atomic E-state index is 0.0278. The summed E-state index contributed by atoms with van der Waals surface area (Å²) >= 11 is 3.50. The van der Waals surface area contributed by atoms with Crippen LogP contribution in [0.1, 0.15) is 41.9 Å². The number of carbonyl (C=O) groups excluding carboxylic acids is 1. The summed E-state index contributed by atoms with van der Waals surface area (Å²) in [7, 11) is 0. The molecular weight excluding hydrogens is 466 g/mol. The van der Waals surface area contributed by atoms with Crippen molar-refractivity contribution in [1.82, 2.24) is 5.32 Å². The Labute approximate surface area is 197 Å². The summed E-state index contributed by atoms with van der Waals surface area (Å²) in [6.45, 7) is 1.97. The Morgan fingerprint density at radius 3 is 2.34 bits per heavy atom. The number of phenols is 1. The number of carbonyl (C=O) groups is 1. The van der Waals surface area contributed by atoms with Crippen molar-refractivity contribution in [3.63, 3.8) is 0 Å². The second-order valence-electron chi connectivity index (χ2n) is 8.41. The number of benzene rings is 3. The molecule has 4 rings (SSSR count). The largest absolute Gasteiger partial charge is 0.508 e. The third kappa shape index (κ3) is 5.22. The number of ether oxygens (including phenoxy) is 1. The zero-order valence-corrected chi connectivity index (χ0v) is 19.6. The van der Waals surface area contributed by atoms with E-state index in [2.05, 4.69) is 45.5 Å². The lowest BCUT2D eigenvalue weighted by Crippen LogP contribution is -2.44. The summed E-state index contributed by atoms with van der Waals surface area (Å²) < 4.78 is 6.48. The summed E-state index contributed by atoms with van der Waals surface area (Å²) in [6, 6.07) is 25.6. The van der Waals surface area contributed by atoms with Gasteiger partial charge in [-0.05, 0) is 42.2 Å². The molecule has 1 atom stereocenters. The molecule has 3 aromatic rings. The maximum atomic E-state index is 13.2. The van der Waals surface area contributed by atoms with Gasteiger partial charge in [0.25, 0.3) is 0 Å². The molecule has 3 aromatic carbocycles. The number of nitrogens with one attached hydrogen (secondary N) is 1. The first-order valence-electron chi connectivity index (χ1n) is 11.0. The molecule has 0 bridgehead atoms. The van der Waals surface area contributed by atoms with Gasteiger partial charge in [0, 0.05) is 47.5 Å². The third-order valence-corrected chi connectivity index (χ3v) is 6.91. The Balaban J connectivity index is 1.54. The van der Waals surface area contributed by atoms with Crippen molar-refractivity contribution in [2.24, 2.45) is 0 Å². The summed E-state index contributed by atoms with van der Waals surface area (Å²) in [5.41, 5.74) is 2.87. The van der Waals surface area contributed by atoms with Gasteiger partial charge in [0.05, 0.1) is 0 Å². The van der Waals surface area contributed by atoms with E-state index in [-0.39, 0.29) is 29.4 Å². The molecule has 0 spiro atoms. The van der Waals surface area contributed by atoms with Gasteiger partial charge in [-0.3, -0.25) is 4.79 Å². The van der Waals surface area contributed by atoms with E-state index in [0.717, 1.165) is 28.4 Å². The van der Waals surface area contributed by atoms with E-state index < -0.39 is 0 Å². The van der Waals surface area contributed by atoms with Gasteiger partial charge < -0.3 is 15.2 Å². The van der Waals surface area contributed by atoms with Crippen molar-refractivity contribution < 1.29 is 14.6 Å². The Kier molecular flexibility index (Phi) is 7.28. The van der Waals surface area contributed by atoms with Crippen LogP contribution in [0.15, 0.2) is 83.3 Å². The standard InChI is InChI=1S/C27H28BrNO3/c28-22-11-12-25(30)24(17-22)23(20-7-3-1-4-8-20)18-26(31)29-19-27(13-15-32-16-14-27)21-9-5-2-6-10-21/h1-12,17,23,30H,13-16,18-19H2,(H,29,31). The van der Waals surface area contributed by atoms with Crippen molar-refractivity contribution in [1.29, 1.82) is 0 Å². The SMILES string of the molecule is O=C(CC(c1ccccc1)c1cc(Br)ccc1O)NCC1(c2ccccc2)CCOCC1. The van der Waals surface area contributed by atoms with Gasteiger partial charge >= 0.3 is 0 Å². The topological polar surface area (TPSA) is 58.6 Å². The Bertz CT molecular complexity index is 1030. The first-order valence-corrected chi connectivity index (χ1v) is 11.8. The predicted octanol–water partition coefficient (Wildman–Crippen LogP) is 5.54. The molecule has 1 saturated heterocycles. The molecule has 166 valence electrons. The van der Waals surface area contributed by atoms with Crippen LogP contribution in [0, 0.1) is 0 Å². The van der Waals surface area contributed by atoms with E-state index in [4.69, 9.17) is 4.74 Å². The highest BCUT2D eigenvalue weighted by Gasteiger charge is 2.35. The molecule has 2 N–H and O–H groups in total. The van der Waals surface area contributed by atoms with Crippen molar-refractivity contribution in [3.8, 4) is 5.75 Å². The molecular formula is C27H28BrNO3. The van der Waals surface area contributed by atoms with Crippen LogP contribution < -0.4 is 5.32 Å². The third-order valence-electron chi connectivity index (χ3n) is 6.42. The number of rotatable bonds is 7. The summed E-state index contributed by atoms with van der Waals surface area (Å²) in [6.07, 6.45) is 2.02. The van der Waals surface area contributed by atoms with E-state index in [1.807, 2.05) is 42.5 Å². The van der Waals surface area contributed by atoms with Gasteiger partial charge in [-0.2, -0.15) is 0 Å². The fourth-order valence-electron chi connectivity index (χ4n) is 4.54. The second kappa shape index (κ2) is 10.3. The molecule has 1 heterocycles. The number of amides is 1. The predicted molar refractivity (Wildman–Crippen MR) is 130 cm³/mol. The van der Waals surface area contributed by atoms with E-state index in [1.165, 1.54) is 5.56 Å². The highest BCUT2D eigenvalue weighted by molar-refractivity contribution is 9.10. The minimum atomic E-state index is -0.240. The van der Waals surface area contributed by atoms with Crippen LogP contribution in [0.5, 0.6) is 5.75 Å². The molecule has 4 nitrogen and oxygen atoms in total. The molecule has 1 unspecified atom stereocenters. The van der Waals surface area contributed by atoms with Crippen molar-refractivity contribution in [3.05, 3.63) is 100 Å². The number of hydrogen-bond acceptors (Lipinski definition) is 3. The van der Waals surface area contributed by atoms with Gasteiger partial charge in [0.1, 0.15) is 5.75 Å². The van der Waals surface area contributed by atoms with E-state index >= 15 is 0 Å². The molecule has 1 fully saturated rings. The highest BCUT2D eigenvalue weighted by Crippen LogP contribution is 2.37. The van der Waals surface area contributed by atoms with Crippen LogP contribution in [0.2, 0.25) is 0 Å². The lowest BCUT2D eigenvalue weighted by Gasteiger charge is -2.38. The Hall–Kier alpha value is -2.63. The normalized spacial score (nSPS) is 16.3. The zero-order valence-electron chi connectivity index (χ0n) is 18.0. The summed E-state index contributed by atoms with van der Waals surface area (Å²) in [5, 5.41) is 13.7. The van der Waals surface area contributed by atoms with Gasteiger partial charge in [0.2, 0.25) is 5.91 Å². The van der Waals surface area contributed by atoms with Crippen molar-refractivity contribution in [2.75, 3.05) is 19.8 Å².